The Hall–Kier alpha value is 0.998. The van der Waals surface area contributed by atoms with Crippen molar-refractivity contribution in [3.8, 4) is 0 Å². The molecule has 4 nitrogen and oxygen atoms in total. The molecule has 0 spiro atoms. The molecule has 0 saturated carbocycles. The van der Waals surface area contributed by atoms with Gasteiger partial charge in [0.05, 0.1) is 6.54 Å². The molecule has 0 atom stereocenters. The van der Waals surface area contributed by atoms with E-state index in [-0.39, 0.29) is 12.4 Å². The van der Waals surface area contributed by atoms with Gasteiger partial charge in [-0.05, 0) is 0 Å². The quantitative estimate of drug-likeness (QED) is 0.483. The van der Waals surface area contributed by atoms with Gasteiger partial charge in [0.1, 0.15) is 0 Å². The molecule has 12 heavy (non-hydrogen) atoms. The minimum absolute atomic E-state index is 0. The first-order chi connectivity index (χ1) is 5.24. The van der Waals surface area contributed by atoms with Crippen molar-refractivity contribution < 1.29 is 30.5 Å². The summed E-state index contributed by atoms with van der Waals surface area (Å²) in [7, 11) is 6.16. The van der Waals surface area contributed by atoms with Crippen molar-refractivity contribution >= 4 is 40.3 Å². The van der Waals surface area contributed by atoms with E-state index < -0.39 is 8.80 Å². The first-order valence-electron chi connectivity index (χ1n) is 3.08. The molecular weight excluding hydrogens is 246 g/mol. The summed E-state index contributed by atoms with van der Waals surface area (Å²) in [6.07, 6.45) is 0.895. The fourth-order valence-corrected chi connectivity index (χ4v) is 4.09. The van der Waals surface area contributed by atoms with Crippen LogP contribution in [0.2, 0.25) is 6.04 Å². The van der Waals surface area contributed by atoms with Crippen LogP contribution in [0.25, 0.3) is 0 Å². The number of halogens is 1. The van der Waals surface area contributed by atoms with E-state index in [4.69, 9.17) is 12.3 Å². The van der Waals surface area contributed by atoms with E-state index >= 15 is 0 Å². The van der Waals surface area contributed by atoms with Gasteiger partial charge < -0.3 is 30.5 Å². The van der Waals surface area contributed by atoms with Crippen LogP contribution in [-0.4, -0.2) is 46.8 Å². The number of rotatable bonds is 6. The molecule has 0 rings (SSSR count). The van der Waals surface area contributed by atoms with Crippen molar-refractivity contribution in [1.29, 1.82) is 0 Å². The molecule has 9 heteroatoms. The molecule has 0 unspecified atom stereocenters. The summed E-state index contributed by atoms with van der Waals surface area (Å²) >= 11 is 0. The van der Waals surface area contributed by atoms with Gasteiger partial charge in [-0.3, -0.25) is 0 Å². The number of hydrogen-bond acceptors (Lipinski definition) is 3. The third kappa shape index (κ3) is 4.89. The van der Waals surface area contributed by atoms with Crippen LogP contribution in [0.15, 0.2) is 0 Å². The molecule has 3 N–H and O–H groups in total. The second-order valence-corrected chi connectivity index (χ2v) is 6.26. The maximum atomic E-state index is 4.91. The molecule has 67 valence electrons. The van der Waals surface area contributed by atoms with Crippen molar-refractivity contribution in [3.05, 3.63) is 0 Å². The third-order valence-electron chi connectivity index (χ3n) is 1.20. The van der Waals surface area contributed by atoms with Gasteiger partial charge in [-0.2, -0.15) is 0 Å². The normalized spacial score (nSPS) is 11.0. The van der Waals surface area contributed by atoms with E-state index in [0.717, 1.165) is 13.0 Å². The molecule has 9 radical (unpaired) electrons. The zero-order chi connectivity index (χ0) is 8.74. The van der Waals surface area contributed by atoms with Gasteiger partial charge in [-0.25, -0.2) is 0 Å². The fraction of sp³-hybridized carbons (Fsp3) is 1.00. The maximum absolute atomic E-state index is 4.91. The van der Waals surface area contributed by atoms with Crippen LogP contribution in [0.4, 0.5) is 0 Å². The highest BCUT2D eigenvalue weighted by molar-refractivity contribution is 6.69. The second-order valence-electron chi connectivity index (χ2n) is 1.95. The monoisotopic (exact) mass is 254 g/mol. The van der Waals surface area contributed by atoms with Gasteiger partial charge in [0.2, 0.25) is 31.5 Å². The van der Waals surface area contributed by atoms with Crippen LogP contribution in [0, 0.1) is 0 Å². The molecule has 0 aliphatic heterocycles. The first kappa shape index (κ1) is 15.5. The Bertz CT molecular complexity index is 97.3. The van der Waals surface area contributed by atoms with Crippen LogP contribution < -0.4 is 18.1 Å². The van der Waals surface area contributed by atoms with Crippen LogP contribution in [0.3, 0.4) is 0 Å². The smallest absolute Gasteiger partial charge is 0.468 e. The minimum Gasteiger partial charge on any atom is -1.00 e. The van der Waals surface area contributed by atoms with Crippen molar-refractivity contribution in [2.24, 2.45) is 0 Å². The van der Waals surface area contributed by atoms with Crippen LogP contribution in [-0.2, 0) is 12.3 Å². The Balaban J connectivity index is 0. The zero-order valence-electron chi connectivity index (χ0n) is 6.43. The average molecular weight is 255 g/mol. The summed E-state index contributed by atoms with van der Waals surface area (Å²) in [6.45, 7) is 0.829. The van der Waals surface area contributed by atoms with Gasteiger partial charge in [0, 0.05) is 12.5 Å². The lowest BCUT2D eigenvalue weighted by Crippen LogP contribution is -3.00. The molecule has 0 fully saturated rings. The van der Waals surface area contributed by atoms with E-state index in [0.29, 0.717) is 6.04 Å². The van der Waals surface area contributed by atoms with Crippen molar-refractivity contribution in [1.82, 2.24) is 0 Å². The van der Waals surface area contributed by atoms with E-state index in [1.54, 1.807) is 0 Å². The van der Waals surface area contributed by atoms with Crippen LogP contribution in [0.1, 0.15) is 6.42 Å². The first-order valence-corrected chi connectivity index (χ1v) is 6.23. The molecule has 0 aromatic carbocycles. The average Bonchev–Trinajstić information content (AvgIpc) is 2.08. The number of hydrogen-bond donors (Lipinski definition) is 1. The van der Waals surface area contributed by atoms with Crippen LogP contribution in [0.5, 0.6) is 0 Å². The van der Waals surface area contributed by atoms with Gasteiger partial charge in [-0.1, -0.05) is 0 Å². The molecule has 0 aromatic heterocycles. The SMILES string of the molecule is [Cl-].[NH3+]CCC[Si](O[Si])(O[Si])O[Si]. The highest BCUT2D eigenvalue weighted by Crippen LogP contribution is 2.12. The highest BCUT2D eigenvalue weighted by atomic mass is 35.5. The molecule has 0 amide bonds. The van der Waals surface area contributed by atoms with Gasteiger partial charge in [0.15, 0.2) is 0 Å². The Labute approximate surface area is 89.9 Å². The largest absolute Gasteiger partial charge is 1.00 e. The lowest BCUT2D eigenvalue weighted by Gasteiger charge is -2.24. The molecule has 0 saturated heterocycles. The molecule has 0 aliphatic rings. The predicted octanol–water partition coefficient (Wildman–Crippen LogP) is -5.14. The fourth-order valence-electron chi connectivity index (χ4n) is 0.557. The topological polar surface area (TPSA) is 55.3 Å². The molecule has 0 aromatic rings. The maximum Gasteiger partial charge on any atom is 0.468 e. The summed E-state index contributed by atoms with van der Waals surface area (Å²) in [6, 6.07) is 0.701. The molecular formula is C3H9ClNO3Si4. The summed E-state index contributed by atoms with van der Waals surface area (Å²) < 4.78 is 14.7. The lowest BCUT2D eigenvalue weighted by molar-refractivity contribution is -0.367. The van der Waals surface area contributed by atoms with E-state index in [2.05, 4.69) is 37.2 Å². The summed E-state index contributed by atoms with van der Waals surface area (Å²) in [5, 5.41) is 0. The van der Waals surface area contributed by atoms with Crippen LogP contribution >= 0.6 is 0 Å². The summed E-state index contributed by atoms with van der Waals surface area (Å²) in [4.78, 5) is 0. The van der Waals surface area contributed by atoms with Crippen molar-refractivity contribution in [3.63, 3.8) is 0 Å². The van der Waals surface area contributed by atoms with E-state index in [1.165, 1.54) is 0 Å². The Morgan fingerprint density at radius 1 is 1.08 bits per heavy atom. The Kier molecular flexibility index (Phi) is 11.1. The third-order valence-corrected chi connectivity index (χ3v) is 5.90. The van der Waals surface area contributed by atoms with E-state index in [9.17, 15) is 0 Å². The van der Waals surface area contributed by atoms with Crippen molar-refractivity contribution in [2.75, 3.05) is 6.54 Å². The number of quaternary nitrogens is 1. The second kappa shape index (κ2) is 8.59. The predicted molar refractivity (Wildman–Crippen MR) is 43.5 cm³/mol. The summed E-state index contributed by atoms with van der Waals surface area (Å²) in [5.74, 6) is 0. The highest BCUT2D eigenvalue weighted by Gasteiger charge is 2.35. The molecule has 0 aliphatic carbocycles. The summed E-state index contributed by atoms with van der Waals surface area (Å²) in [5.41, 5.74) is 3.70. The molecule has 0 heterocycles. The minimum atomic E-state index is -2.54. The lowest BCUT2D eigenvalue weighted by atomic mass is 10.5. The van der Waals surface area contributed by atoms with Gasteiger partial charge in [-0.15, -0.1) is 0 Å². The standard InChI is InChI=1S/C3H8NO3Si4.ClH/c4-2-1-3-11(5-8,6-9)7-10;/h1-4H2;1H. The Morgan fingerprint density at radius 3 is 1.75 bits per heavy atom. The van der Waals surface area contributed by atoms with Gasteiger partial charge in [0.25, 0.3) is 0 Å². The van der Waals surface area contributed by atoms with E-state index in [1.807, 2.05) is 0 Å². The molecule has 0 bridgehead atoms. The van der Waals surface area contributed by atoms with Crippen molar-refractivity contribution in [2.45, 2.75) is 12.5 Å². The zero-order valence-corrected chi connectivity index (χ0v) is 11.2. The van der Waals surface area contributed by atoms with Gasteiger partial charge >= 0.3 is 8.80 Å². The Morgan fingerprint density at radius 2 is 1.50 bits per heavy atom.